The zero-order chi connectivity index (χ0) is 18.0. The van der Waals surface area contributed by atoms with Crippen LogP contribution in [0, 0.1) is 10.1 Å². The average molecular weight is 380 g/mol. The van der Waals surface area contributed by atoms with Crippen LogP contribution in [0.2, 0.25) is 0 Å². The van der Waals surface area contributed by atoms with Gasteiger partial charge in [0.25, 0.3) is 0 Å². The highest BCUT2D eigenvalue weighted by atomic mass is 32.2. The van der Waals surface area contributed by atoms with Crippen molar-refractivity contribution >= 4 is 27.5 Å². The Morgan fingerprint density at radius 1 is 1.24 bits per heavy atom. The van der Waals surface area contributed by atoms with Gasteiger partial charge in [0, 0.05) is 18.4 Å². The molecule has 2 aromatic rings. The van der Waals surface area contributed by atoms with Crippen LogP contribution in [0.1, 0.15) is 10.9 Å². The van der Waals surface area contributed by atoms with Crippen LogP contribution in [0.25, 0.3) is 0 Å². The Kier molecular flexibility index (Phi) is 4.98. The number of benzene rings is 2. The number of sulfonamides is 1. The lowest BCUT2D eigenvalue weighted by atomic mass is 10.2. The number of thioether (sulfide) groups is 1. The number of rotatable bonds is 5. The van der Waals surface area contributed by atoms with E-state index in [1.807, 2.05) is 0 Å². The topological polar surface area (TPSA) is 89.8 Å². The standard InChI is InChI=1S/C16H16N2O5S2/c1-23-15-8-7-12(11-14(15)18(19)20)16-17(9-10-24-16)25(21,22)13-5-3-2-4-6-13/h2-8,11,16H,9-10H2,1H3/t16-/m0/s1. The van der Waals surface area contributed by atoms with Gasteiger partial charge in [-0.1, -0.05) is 24.3 Å². The predicted molar refractivity (Wildman–Crippen MR) is 95.2 cm³/mol. The summed E-state index contributed by atoms with van der Waals surface area (Å²) >= 11 is 1.44. The Bertz CT molecular complexity index is 887. The van der Waals surface area contributed by atoms with Crippen molar-refractivity contribution < 1.29 is 18.1 Å². The number of nitrogens with zero attached hydrogens (tertiary/aromatic N) is 2. The molecule has 0 unspecified atom stereocenters. The molecule has 9 heteroatoms. The summed E-state index contributed by atoms with van der Waals surface area (Å²) in [6.07, 6.45) is 0. The normalized spacial score (nSPS) is 18.2. The molecule has 0 spiro atoms. The highest BCUT2D eigenvalue weighted by Crippen LogP contribution is 2.43. The van der Waals surface area contributed by atoms with Crippen molar-refractivity contribution in [1.29, 1.82) is 0 Å². The van der Waals surface area contributed by atoms with Gasteiger partial charge in [-0.3, -0.25) is 10.1 Å². The summed E-state index contributed by atoms with van der Waals surface area (Å²) in [7, 11) is -2.31. The fourth-order valence-electron chi connectivity index (χ4n) is 2.69. The second-order valence-electron chi connectivity index (χ2n) is 5.34. The zero-order valence-electron chi connectivity index (χ0n) is 13.4. The van der Waals surface area contributed by atoms with Crippen LogP contribution in [-0.2, 0) is 10.0 Å². The van der Waals surface area contributed by atoms with Crippen LogP contribution >= 0.6 is 11.8 Å². The van der Waals surface area contributed by atoms with Gasteiger partial charge in [-0.15, -0.1) is 11.8 Å². The summed E-state index contributed by atoms with van der Waals surface area (Å²) < 4.78 is 32.2. The van der Waals surface area contributed by atoms with E-state index in [-0.39, 0.29) is 16.3 Å². The molecular formula is C16H16N2O5S2. The van der Waals surface area contributed by atoms with Gasteiger partial charge < -0.3 is 4.74 Å². The fraction of sp³-hybridized carbons (Fsp3) is 0.250. The first-order chi connectivity index (χ1) is 11.9. The molecule has 0 N–H and O–H groups in total. The first-order valence-corrected chi connectivity index (χ1v) is 9.95. The van der Waals surface area contributed by atoms with Crippen molar-refractivity contribution in [1.82, 2.24) is 4.31 Å². The van der Waals surface area contributed by atoms with Gasteiger partial charge in [0.05, 0.1) is 22.3 Å². The quantitative estimate of drug-likeness (QED) is 0.585. The van der Waals surface area contributed by atoms with Gasteiger partial charge in [-0.05, 0) is 23.8 Å². The zero-order valence-corrected chi connectivity index (χ0v) is 15.0. The number of hydrogen-bond acceptors (Lipinski definition) is 6. The van der Waals surface area contributed by atoms with E-state index in [4.69, 9.17) is 4.74 Å². The van der Waals surface area contributed by atoms with Gasteiger partial charge in [-0.2, -0.15) is 4.31 Å². The molecule has 7 nitrogen and oxygen atoms in total. The van der Waals surface area contributed by atoms with E-state index >= 15 is 0 Å². The molecule has 0 amide bonds. The molecule has 0 aliphatic carbocycles. The maximum absolute atomic E-state index is 12.9. The summed E-state index contributed by atoms with van der Waals surface area (Å²) in [4.78, 5) is 10.9. The molecule has 132 valence electrons. The molecule has 1 aliphatic rings. The lowest BCUT2D eigenvalue weighted by Crippen LogP contribution is -2.30. The lowest BCUT2D eigenvalue weighted by Gasteiger charge is -2.23. The van der Waals surface area contributed by atoms with Crippen molar-refractivity contribution in [2.75, 3.05) is 19.4 Å². The third-order valence-electron chi connectivity index (χ3n) is 3.88. The van der Waals surface area contributed by atoms with Gasteiger partial charge in [0.1, 0.15) is 0 Å². The van der Waals surface area contributed by atoms with Crippen LogP contribution < -0.4 is 4.74 Å². The van der Waals surface area contributed by atoms with E-state index in [0.29, 0.717) is 17.9 Å². The van der Waals surface area contributed by atoms with Gasteiger partial charge in [-0.25, -0.2) is 8.42 Å². The number of nitro benzene ring substituents is 1. The van der Waals surface area contributed by atoms with Crippen LogP contribution in [0.15, 0.2) is 53.4 Å². The molecule has 2 aromatic carbocycles. The van der Waals surface area contributed by atoms with Crippen molar-refractivity contribution in [2.24, 2.45) is 0 Å². The van der Waals surface area contributed by atoms with Gasteiger partial charge >= 0.3 is 5.69 Å². The van der Waals surface area contributed by atoms with Crippen molar-refractivity contribution in [3.05, 3.63) is 64.2 Å². The Labute approximate surface area is 149 Å². The molecule has 0 bridgehead atoms. The summed E-state index contributed by atoms with van der Waals surface area (Å²) in [6, 6.07) is 12.7. The van der Waals surface area contributed by atoms with E-state index in [2.05, 4.69) is 0 Å². The van der Waals surface area contributed by atoms with Gasteiger partial charge in [0.2, 0.25) is 10.0 Å². The minimum Gasteiger partial charge on any atom is -0.490 e. The molecule has 1 saturated heterocycles. The Balaban J connectivity index is 2.00. The second kappa shape index (κ2) is 7.03. The Hall–Kier alpha value is -2.10. The molecule has 1 aliphatic heterocycles. The second-order valence-corrected chi connectivity index (χ2v) is 8.42. The highest BCUT2D eigenvalue weighted by Gasteiger charge is 2.37. The number of methoxy groups -OCH3 is 1. The smallest absolute Gasteiger partial charge is 0.311 e. The molecule has 25 heavy (non-hydrogen) atoms. The minimum atomic E-state index is -3.67. The van der Waals surface area contributed by atoms with E-state index in [1.54, 1.807) is 36.4 Å². The van der Waals surface area contributed by atoms with Crippen LogP contribution in [-0.4, -0.2) is 37.1 Å². The van der Waals surface area contributed by atoms with Crippen molar-refractivity contribution in [3.8, 4) is 5.75 Å². The lowest BCUT2D eigenvalue weighted by molar-refractivity contribution is -0.385. The Morgan fingerprint density at radius 3 is 2.60 bits per heavy atom. The highest BCUT2D eigenvalue weighted by molar-refractivity contribution is 8.01. The third-order valence-corrected chi connectivity index (χ3v) is 7.16. The maximum atomic E-state index is 12.9. The average Bonchev–Trinajstić information content (AvgIpc) is 3.12. The van der Waals surface area contributed by atoms with E-state index in [0.717, 1.165) is 0 Å². The van der Waals surface area contributed by atoms with Crippen LogP contribution in [0.3, 0.4) is 0 Å². The van der Waals surface area contributed by atoms with Crippen molar-refractivity contribution in [2.45, 2.75) is 10.3 Å². The van der Waals surface area contributed by atoms with Crippen LogP contribution in [0.4, 0.5) is 5.69 Å². The SMILES string of the molecule is COc1ccc([C@@H]2SCCN2S(=O)(=O)c2ccccc2)cc1[N+](=O)[O-]. The van der Waals surface area contributed by atoms with E-state index < -0.39 is 20.3 Å². The molecule has 1 atom stereocenters. The molecule has 0 aromatic heterocycles. The number of nitro groups is 1. The maximum Gasteiger partial charge on any atom is 0.311 e. The number of hydrogen-bond donors (Lipinski definition) is 0. The monoisotopic (exact) mass is 380 g/mol. The first-order valence-electron chi connectivity index (χ1n) is 7.46. The van der Waals surface area contributed by atoms with Crippen molar-refractivity contribution in [3.63, 3.8) is 0 Å². The first kappa shape index (κ1) is 17.7. The summed E-state index contributed by atoms with van der Waals surface area (Å²) in [5.74, 6) is 0.769. The fourth-order valence-corrected chi connectivity index (χ4v) is 5.95. The molecular weight excluding hydrogens is 364 g/mol. The largest absolute Gasteiger partial charge is 0.490 e. The molecule has 0 radical (unpaired) electrons. The Morgan fingerprint density at radius 2 is 1.96 bits per heavy atom. The summed E-state index contributed by atoms with van der Waals surface area (Å²) in [5, 5.41) is 10.7. The summed E-state index contributed by atoms with van der Waals surface area (Å²) in [6.45, 7) is 0.354. The summed E-state index contributed by atoms with van der Waals surface area (Å²) in [5.41, 5.74) is 0.388. The molecule has 1 fully saturated rings. The number of ether oxygens (including phenoxy) is 1. The minimum absolute atomic E-state index is 0.147. The van der Waals surface area contributed by atoms with Gasteiger partial charge in [0.15, 0.2) is 5.75 Å². The molecule has 1 heterocycles. The molecule has 3 rings (SSSR count). The van der Waals surface area contributed by atoms with E-state index in [1.165, 1.54) is 35.3 Å². The van der Waals surface area contributed by atoms with Crippen LogP contribution in [0.5, 0.6) is 5.75 Å². The van der Waals surface area contributed by atoms with E-state index in [9.17, 15) is 18.5 Å². The molecule has 0 saturated carbocycles. The third kappa shape index (κ3) is 3.35. The predicted octanol–water partition coefficient (Wildman–Crippen LogP) is 3.04.